The highest BCUT2D eigenvalue weighted by atomic mass is 32.2. The Labute approximate surface area is 154 Å². The number of aliphatic imine (C=N–C) groups is 1. The summed E-state index contributed by atoms with van der Waals surface area (Å²) < 4.78 is 5.71. The van der Waals surface area contributed by atoms with Gasteiger partial charge in [-0.05, 0) is 23.4 Å². The Hall–Kier alpha value is -2.32. The summed E-state index contributed by atoms with van der Waals surface area (Å²) in [5, 5.41) is 9.40. The average Bonchev–Trinajstić information content (AvgIpc) is 2.64. The standard InChI is InChI=1S/C17H17N3O3S2/c1-23-10-14(15(21)22)13-7-4-3-6-12(13)11-25-17(24-2)20-16-18-8-5-9-19-16/h3-10H,11H2,1-2H3,(H,21,22)/b14-10+,20-17+. The molecule has 0 saturated carbocycles. The van der Waals surface area contributed by atoms with E-state index in [1.807, 2.05) is 18.4 Å². The zero-order valence-electron chi connectivity index (χ0n) is 13.7. The van der Waals surface area contributed by atoms with Crippen LogP contribution in [0.3, 0.4) is 0 Å². The van der Waals surface area contributed by atoms with Crippen molar-refractivity contribution in [3.63, 3.8) is 0 Å². The molecule has 1 N–H and O–H groups in total. The van der Waals surface area contributed by atoms with Crippen molar-refractivity contribution < 1.29 is 14.6 Å². The number of aliphatic carboxylic acids is 1. The molecule has 1 aromatic heterocycles. The first kappa shape index (κ1) is 19.0. The average molecular weight is 375 g/mol. The molecule has 2 rings (SSSR count). The topological polar surface area (TPSA) is 84.7 Å². The summed E-state index contributed by atoms with van der Waals surface area (Å²) in [7, 11) is 1.43. The van der Waals surface area contributed by atoms with Gasteiger partial charge in [0.05, 0.1) is 13.4 Å². The number of nitrogens with zero attached hydrogens (tertiary/aromatic N) is 3. The molecule has 0 spiro atoms. The van der Waals surface area contributed by atoms with E-state index >= 15 is 0 Å². The van der Waals surface area contributed by atoms with Crippen molar-refractivity contribution in [2.24, 2.45) is 4.99 Å². The number of methoxy groups -OCH3 is 1. The highest BCUT2D eigenvalue weighted by molar-refractivity contribution is 8.38. The van der Waals surface area contributed by atoms with Gasteiger partial charge < -0.3 is 9.84 Å². The smallest absolute Gasteiger partial charge is 0.339 e. The second kappa shape index (κ2) is 9.85. The third-order valence-electron chi connectivity index (χ3n) is 3.04. The van der Waals surface area contributed by atoms with Crippen LogP contribution < -0.4 is 0 Å². The van der Waals surface area contributed by atoms with E-state index in [-0.39, 0.29) is 5.57 Å². The molecule has 6 nitrogen and oxygen atoms in total. The first-order chi connectivity index (χ1) is 12.2. The van der Waals surface area contributed by atoms with Gasteiger partial charge in [0.2, 0.25) is 0 Å². The van der Waals surface area contributed by atoms with E-state index in [1.165, 1.54) is 36.9 Å². The van der Waals surface area contributed by atoms with Crippen LogP contribution in [0.25, 0.3) is 5.57 Å². The molecule has 0 aliphatic heterocycles. The molecule has 8 heteroatoms. The molecule has 0 bridgehead atoms. The van der Waals surface area contributed by atoms with E-state index in [0.29, 0.717) is 17.3 Å². The summed E-state index contributed by atoms with van der Waals surface area (Å²) in [6, 6.07) is 9.08. The maximum atomic E-state index is 11.5. The van der Waals surface area contributed by atoms with Crippen LogP contribution >= 0.6 is 23.5 Å². The predicted octanol–water partition coefficient (Wildman–Crippen LogP) is 3.83. The highest BCUT2D eigenvalue weighted by Crippen LogP contribution is 2.27. The van der Waals surface area contributed by atoms with Crippen LogP contribution in [0.2, 0.25) is 0 Å². The molecule has 25 heavy (non-hydrogen) atoms. The van der Waals surface area contributed by atoms with Crippen LogP contribution in [0.5, 0.6) is 0 Å². The summed E-state index contributed by atoms with van der Waals surface area (Å²) in [4.78, 5) is 24.1. The number of carbonyl (C=O) groups is 1. The Balaban J connectivity index is 2.22. The number of carboxylic acid groups (broad SMARTS) is 1. The van der Waals surface area contributed by atoms with Gasteiger partial charge in [-0.3, -0.25) is 0 Å². The SMILES string of the molecule is CO/C=C(/C(=O)O)c1ccccc1CS/C(=N/c1ncccn1)SC. The van der Waals surface area contributed by atoms with Crippen LogP contribution in [0.15, 0.2) is 54.0 Å². The van der Waals surface area contributed by atoms with Gasteiger partial charge in [0.15, 0.2) is 0 Å². The second-order valence-corrected chi connectivity index (χ2v) is 6.67. The number of hydrogen-bond acceptors (Lipinski definition) is 7. The Morgan fingerprint density at radius 1 is 1.28 bits per heavy atom. The lowest BCUT2D eigenvalue weighted by atomic mass is 10.0. The molecule has 0 unspecified atom stereocenters. The zero-order chi connectivity index (χ0) is 18.1. The van der Waals surface area contributed by atoms with Crippen LogP contribution in [-0.4, -0.2) is 38.8 Å². The molecule has 1 aromatic carbocycles. The van der Waals surface area contributed by atoms with Gasteiger partial charge in [0, 0.05) is 18.1 Å². The molecular formula is C17H17N3O3S2. The fraction of sp³-hybridized carbons (Fsp3) is 0.176. The molecule has 0 fully saturated rings. The molecule has 130 valence electrons. The van der Waals surface area contributed by atoms with E-state index in [0.717, 1.165) is 9.94 Å². The third-order valence-corrected chi connectivity index (χ3v) is 5.13. The molecule has 1 heterocycles. The maximum Gasteiger partial charge on any atom is 0.339 e. The second-order valence-electron chi connectivity index (χ2n) is 4.65. The van der Waals surface area contributed by atoms with Crippen molar-refractivity contribution in [1.82, 2.24) is 9.97 Å². The molecular weight excluding hydrogens is 358 g/mol. The first-order valence-electron chi connectivity index (χ1n) is 7.22. The molecule has 0 aliphatic carbocycles. The van der Waals surface area contributed by atoms with Crippen LogP contribution in [0.1, 0.15) is 11.1 Å². The van der Waals surface area contributed by atoms with Gasteiger partial charge in [-0.15, -0.1) is 11.8 Å². The third kappa shape index (κ3) is 5.61. The van der Waals surface area contributed by atoms with E-state index in [1.54, 1.807) is 30.6 Å². The Bertz CT molecular complexity index is 780. The van der Waals surface area contributed by atoms with E-state index in [9.17, 15) is 9.90 Å². The summed E-state index contributed by atoms with van der Waals surface area (Å²) >= 11 is 2.99. The molecule has 0 aliphatic rings. The Morgan fingerprint density at radius 3 is 2.64 bits per heavy atom. The Kier molecular flexibility index (Phi) is 7.49. The van der Waals surface area contributed by atoms with Gasteiger partial charge in [0.1, 0.15) is 9.95 Å². The van der Waals surface area contributed by atoms with Crippen molar-refractivity contribution >= 4 is 45.4 Å². The zero-order valence-corrected chi connectivity index (χ0v) is 15.4. The minimum absolute atomic E-state index is 0.118. The Morgan fingerprint density at radius 2 is 2.00 bits per heavy atom. The van der Waals surface area contributed by atoms with Gasteiger partial charge in [-0.25, -0.2) is 14.8 Å². The number of ether oxygens (including phenoxy) is 1. The number of hydrogen-bond donors (Lipinski definition) is 1. The van der Waals surface area contributed by atoms with Crippen molar-refractivity contribution in [3.05, 3.63) is 60.1 Å². The maximum absolute atomic E-state index is 11.5. The van der Waals surface area contributed by atoms with Crippen molar-refractivity contribution in [3.8, 4) is 0 Å². The fourth-order valence-corrected chi connectivity index (χ4v) is 3.46. The van der Waals surface area contributed by atoms with Gasteiger partial charge in [0.25, 0.3) is 5.95 Å². The van der Waals surface area contributed by atoms with Crippen LogP contribution in [-0.2, 0) is 15.3 Å². The van der Waals surface area contributed by atoms with Crippen molar-refractivity contribution in [1.29, 1.82) is 0 Å². The first-order valence-corrected chi connectivity index (χ1v) is 9.43. The lowest BCUT2D eigenvalue weighted by molar-refractivity contribution is -0.130. The number of rotatable bonds is 6. The fourth-order valence-electron chi connectivity index (χ4n) is 1.96. The van der Waals surface area contributed by atoms with Gasteiger partial charge in [-0.1, -0.05) is 36.0 Å². The number of aromatic nitrogens is 2. The van der Waals surface area contributed by atoms with Crippen molar-refractivity contribution in [2.45, 2.75) is 5.75 Å². The van der Waals surface area contributed by atoms with Crippen LogP contribution in [0.4, 0.5) is 5.95 Å². The summed E-state index contributed by atoms with van der Waals surface area (Å²) in [5.74, 6) is -0.0642. The van der Waals surface area contributed by atoms with Crippen molar-refractivity contribution in [2.75, 3.05) is 13.4 Å². The predicted molar refractivity (Wildman–Crippen MR) is 103 cm³/mol. The quantitative estimate of drug-likeness (QED) is 0.355. The van der Waals surface area contributed by atoms with E-state index in [4.69, 9.17) is 4.74 Å². The lowest BCUT2D eigenvalue weighted by Crippen LogP contribution is -2.03. The molecule has 0 atom stereocenters. The molecule has 0 amide bonds. The molecule has 0 saturated heterocycles. The summed E-state index contributed by atoms with van der Waals surface area (Å²) in [6.45, 7) is 0. The lowest BCUT2D eigenvalue weighted by Gasteiger charge is -2.10. The largest absolute Gasteiger partial charge is 0.503 e. The number of thioether (sulfide) groups is 2. The number of benzene rings is 1. The highest BCUT2D eigenvalue weighted by Gasteiger charge is 2.15. The van der Waals surface area contributed by atoms with E-state index in [2.05, 4.69) is 15.0 Å². The van der Waals surface area contributed by atoms with E-state index < -0.39 is 5.97 Å². The number of carboxylic acids is 1. The minimum Gasteiger partial charge on any atom is -0.503 e. The normalized spacial score (nSPS) is 12.1. The molecule has 0 radical (unpaired) electrons. The minimum atomic E-state index is -1.03. The van der Waals surface area contributed by atoms with Gasteiger partial charge in [-0.2, -0.15) is 4.99 Å². The monoisotopic (exact) mass is 375 g/mol. The summed E-state index contributed by atoms with van der Waals surface area (Å²) in [5.41, 5.74) is 1.63. The van der Waals surface area contributed by atoms with Crippen LogP contribution in [0, 0.1) is 0 Å². The van der Waals surface area contributed by atoms with Gasteiger partial charge >= 0.3 is 5.97 Å². The molecule has 2 aromatic rings. The summed E-state index contributed by atoms with van der Waals surface area (Å²) in [6.07, 6.45) is 6.44.